The number of nitrogens with two attached hydrogens (primary N) is 1. The molecule has 0 aromatic carbocycles. The van der Waals surface area contributed by atoms with E-state index in [2.05, 4.69) is 18.0 Å². The molecule has 0 unspecified atom stereocenters. The number of hydrogen-bond donors (Lipinski definition) is 2. The van der Waals surface area contributed by atoms with Crippen LogP contribution in [0.2, 0.25) is 0 Å². The molecule has 6 heteroatoms. The monoisotopic (exact) mass is 298 g/mol. The number of rotatable bonds is 4. The van der Waals surface area contributed by atoms with Gasteiger partial charge in [0.25, 0.3) is 0 Å². The van der Waals surface area contributed by atoms with Gasteiger partial charge >= 0.3 is 0 Å². The SMILES string of the molecule is CCCCC(=O)NC1CCCC1.ClCCl.NC=O. The zero-order chi connectivity index (χ0) is 14.2. The van der Waals surface area contributed by atoms with Crippen LogP contribution in [0, 0.1) is 0 Å². The zero-order valence-electron chi connectivity index (χ0n) is 11.0. The van der Waals surface area contributed by atoms with Crippen molar-refractivity contribution in [3.63, 3.8) is 0 Å². The van der Waals surface area contributed by atoms with E-state index in [1.807, 2.05) is 0 Å². The van der Waals surface area contributed by atoms with Crippen LogP contribution in [0.4, 0.5) is 0 Å². The van der Waals surface area contributed by atoms with Crippen LogP contribution in [0.15, 0.2) is 0 Å². The molecule has 3 N–H and O–H groups in total. The fraction of sp³-hybridized carbons (Fsp3) is 0.833. The van der Waals surface area contributed by atoms with Crippen LogP contribution in [-0.2, 0) is 9.59 Å². The van der Waals surface area contributed by atoms with Gasteiger partial charge in [0.2, 0.25) is 12.3 Å². The number of nitrogens with one attached hydrogen (secondary N) is 1. The van der Waals surface area contributed by atoms with Gasteiger partial charge in [0.05, 0.1) is 5.34 Å². The summed E-state index contributed by atoms with van der Waals surface area (Å²) in [5.41, 5.74) is 4.17. The van der Waals surface area contributed by atoms with E-state index in [-0.39, 0.29) is 17.7 Å². The number of alkyl halides is 2. The van der Waals surface area contributed by atoms with Gasteiger partial charge in [-0.05, 0) is 19.3 Å². The fourth-order valence-corrected chi connectivity index (χ4v) is 1.71. The smallest absolute Gasteiger partial charge is 0.220 e. The van der Waals surface area contributed by atoms with Crippen LogP contribution in [-0.4, -0.2) is 23.7 Å². The van der Waals surface area contributed by atoms with Crippen molar-refractivity contribution in [1.82, 2.24) is 5.32 Å². The number of primary amides is 1. The summed E-state index contributed by atoms with van der Waals surface area (Å²) in [4.78, 5) is 19.8. The van der Waals surface area contributed by atoms with E-state index in [0.29, 0.717) is 12.5 Å². The van der Waals surface area contributed by atoms with Gasteiger partial charge in [-0.3, -0.25) is 9.59 Å². The lowest BCUT2D eigenvalue weighted by Crippen LogP contribution is -2.32. The Hall–Kier alpha value is -0.480. The first-order chi connectivity index (χ1) is 8.65. The molecular weight excluding hydrogens is 275 g/mol. The fourth-order valence-electron chi connectivity index (χ4n) is 1.71. The number of amides is 2. The second-order valence-corrected chi connectivity index (χ2v) is 4.70. The third-order valence-electron chi connectivity index (χ3n) is 2.48. The largest absolute Gasteiger partial charge is 0.372 e. The lowest BCUT2D eigenvalue weighted by atomic mass is 10.2. The van der Waals surface area contributed by atoms with E-state index >= 15 is 0 Å². The molecule has 0 spiro atoms. The lowest BCUT2D eigenvalue weighted by Gasteiger charge is -2.10. The van der Waals surface area contributed by atoms with Gasteiger partial charge in [-0.25, -0.2) is 0 Å². The van der Waals surface area contributed by atoms with Crippen molar-refractivity contribution in [2.75, 3.05) is 5.34 Å². The highest BCUT2D eigenvalue weighted by molar-refractivity contribution is 6.40. The molecule has 0 heterocycles. The van der Waals surface area contributed by atoms with Crippen LogP contribution in [0.3, 0.4) is 0 Å². The van der Waals surface area contributed by atoms with Crippen LogP contribution >= 0.6 is 23.2 Å². The first-order valence-electron chi connectivity index (χ1n) is 6.22. The van der Waals surface area contributed by atoms with Crippen LogP contribution in [0.5, 0.6) is 0 Å². The molecule has 4 nitrogen and oxygen atoms in total. The summed E-state index contributed by atoms with van der Waals surface area (Å²) >= 11 is 9.53. The molecule has 0 aromatic rings. The molecule has 0 radical (unpaired) electrons. The maximum Gasteiger partial charge on any atom is 0.220 e. The van der Waals surface area contributed by atoms with E-state index in [1.165, 1.54) is 25.7 Å². The number of halogens is 2. The molecule has 1 aliphatic rings. The summed E-state index contributed by atoms with van der Waals surface area (Å²) in [5, 5.41) is 3.27. The van der Waals surface area contributed by atoms with Gasteiger partial charge in [0.1, 0.15) is 0 Å². The second kappa shape index (κ2) is 16.5. The number of hydrogen-bond acceptors (Lipinski definition) is 2. The van der Waals surface area contributed by atoms with Gasteiger partial charge in [-0.1, -0.05) is 26.2 Å². The summed E-state index contributed by atoms with van der Waals surface area (Å²) in [6, 6.07) is 0.495. The molecule has 0 atom stereocenters. The van der Waals surface area contributed by atoms with Gasteiger partial charge in [-0.15, -0.1) is 23.2 Å². The van der Waals surface area contributed by atoms with E-state index in [4.69, 9.17) is 28.0 Å². The molecule has 1 aliphatic carbocycles. The van der Waals surface area contributed by atoms with Crippen LogP contribution in [0.1, 0.15) is 51.9 Å². The molecule has 0 aromatic heterocycles. The first kappa shape index (κ1) is 19.9. The molecule has 1 saturated carbocycles. The summed E-state index contributed by atoms with van der Waals surface area (Å²) in [5.74, 6) is 0.253. The molecule has 0 saturated heterocycles. The van der Waals surface area contributed by atoms with E-state index in [1.54, 1.807) is 0 Å². The quantitative estimate of drug-likeness (QED) is 0.619. The standard InChI is InChI=1S/C10H19NO.CH2Cl2.CH3NO/c1-2-3-8-10(12)11-9-6-4-5-7-9;2*2-1-3/h9H,2-8H2,1H3,(H,11,12);1H2;1H,(H2,2,3). The van der Waals surface area contributed by atoms with E-state index < -0.39 is 0 Å². The number of unbranched alkanes of at least 4 members (excludes halogenated alkanes) is 1. The van der Waals surface area contributed by atoms with Gasteiger partial charge in [0, 0.05) is 12.5 Å². The molecule has 0 aliphatic heterocycles. The first-order valence-corrected chi connectivity index (χ1v) is 7.29. The van der Waals surface area contributed by atoms with Crippen molar-refractivity contribution in [1.29, 1.82) is 0 Å². The molecule has 18 heavy (non-hydrogen) atoms. The highest BCUT2D eigenvalue weighted by Crippen LogP contribution is 2.17. The van der Waals surface area contributed by atoms with Gasteiger partial charge in [0.15, 0.2) is 0 Å². The normalized spacial score (nSPS) is 13.7. The van der Waals surface area contributed by atoms with Crippen molar-refractivity contribution >= 4 is 35.5 Å². The van der Waals surface area contributed by atoms with Crippen LogP contribution in [0.25, 0.3) is 0 Å². The van der Waals surface area contributed by atoms with Crippen molar-refractivity contribution in [2.24, 2.45) is 5.73 Å². The maximum atomic E-state index is 11.2. The Morgan fingerprint density at radius 2 is 1.83 bits per heavy atom. The minimum Gasteiger partial charge on any atom is -0.372 e. The summed E-state index contributed by atoms with van der Waals surface area (Å²) < 4.78 is 0. The topological polar surface area (TPSA) is 72.2 Å². The molecule has 0 bridgehead atoms. The predicted molar refractivity (Wildman–Crippen MR) is 76.7 cm³/mol. The Kier molecular flexibility index (Phi) is 18.2. The minimum absolute atomic E-state index is 0.194. The Morgan fingerprint density at radius 3 is 2.22 bits per heavy atom. The third-order valence-corrected chi connectivity index (χ3v) is 2.48. The Morgan fingerprint density at radius 1 is 1.39 bits per heavy atom. The van der Waals surface area contributed by atoms with E-state index in [9.17, 15) is 4.79 Å². The van der Waals surface area contributed by atoms with E-state index in [0.717, 1.165) is 12.8 Å². The Labute approximate surface area is 120 Å². The summed E-state index contributed by atoms with van der Waals surface area (Å²) in [6.07, 6.45) is 8.07. The lowest BCUT2D eigenvalue weighted by molar-refractivity contribution is -0.121. The Bertz CT molecular complexity index is 199. The highest BCUT2D eigenvalue weighted by atomic mass is 35.5. The molecule has 2 amide bonds. The molecule has 1 rings (SSSR count). The number of carbonyl (C=O) groups excluding carboxylic acids is 2. The molecule has 108 valence electrons. The molecular formula is C12H24Cl2N2O2. The van der Waals surface area contributed by atoms with Crippen LogP contribution < -0.4 is 11.1 Å². The predicted octanol–water partition coefficient (Wildman–Crippen LogP) is 2.76. The van der Waals surface area contributed by atoms with Crippen molar-refractivity contribution in [2.45, 2.75) is 57.9 Å². The average molecular weight is 299 g/mol. The van der Waals surface area contributed by atoms with Crippen molar-refractivity contribution in [3.05, 3.63) is 0 Å². The number of carbonyl (C=O) groups is 2. The van der Waals surface area contributed by atoms with Gasteiger partial charge < -0.3 is 11.1 Å². The highest BCUT2D eigenvalue weighted by Gasteiger charge is 2.16. The third kappa shape index (κ3) is 15.5. The summed E-state index contributed by atoms with van der Waals surface area (Å²) in [7, 11) is 0. The van der Waals surface area contributed by atoms with Gasteiger partial charge in [-0.2, -0.15) is 0 Å². The molecule has 1 fully saturated rings. The van der Waals surface area contributed by atoms with Crippen molar-refractivity contribution < 1.29 is 9.59 Å². The summed E-state index contributed by atoms with van der Waals surface area (Å²) in [6.45, 7) is 2.11. The minimum atomic E-state index is 0.194. The zero-order valence-corrected chi connectivity index (χ0v) is 12.5. The average Bonchev–Trinajstić information content (AvgIpc) is 2.81. The second-order valence-electron chi connectivity index (χ2n) is 3.89. The Balaban J connectivity index is 0. The van der Waals surface area contributed by atoms with Crippen molar-refractivity contribution in [3.8, 4) is 0 Å². The maximum absolute atomic E-state index is 11.2.